The van der Waals surface area contributed by atoms with Gasteiger partial charge in [0.1, 0.15) is 5.56 Å². The number of pyridine rings is 1. The second-order valence-electron chi connectivity index (χ2n) is 8.05. The van der Waals surface area contributed by atoms with Crippen LogP contribution in [0, 0.1) is 5.92 Å². The Bertz CT molecular complexity index is 1190. The molecule has 31 heavy (non-hydrogen) atoms. The van der Waals surface area contributed by atoms with Gasteiger partial charge >= 0.3 is 0 Å². The van der Waals surface area contributed by atoms with Gasteiger partial charge in [0.25, 0.3) is 17.4 Å². The number of rotatable bonds is 7. The Hall–Kier alpha value is -3.69. The van der Waals surface area contributed by atoms with Crippen molar-refractivity contribution in [2.75, 3.05) is 0 Å². The second-order valence-corrected chi connectivity index (χ2v) is 8.05. The first-order valence-electron chi connectivity index (χ1n) is 10.2. The molecule has 10 nitrogen and oxygen atoms in total. The zero-order valence-corrected chi connectivity index (χ0v) is 17.3. The lowest BCUT2D eigenvalue weighted by Crippen LogP contribution is -2.36. The van der Waals surface area contributed by atoms with Crippen LogP contribution in [0.1, 0.15) is 53.1 Å². The first kappa shape index (κ1) is 20.6. The number of carbonyl (C=O) groups excluding carboxylic acids is 2. The Morgan fingerprint density at radius 2 is 2.03 bits per heavy atom. The van der Waals surface area contributed by atoms with Crippen molar-refractivity contribution in [3.8, 4) is 5.88 Å². The Labute approximate surface area is 177 Å². The van der Waals surface area contributed by atoms with E-state index in [0.717, 1.165) is 17.4 Å². The summed E-state index contributed by atoms with van der Waals surface area (Å²) in [4.78, 5) is 42.8. The number of hydrogen-bond donors (Lipinski definition) is 3. The molecule has 0 aromatic carbocycles. The van der Waals surface area contributed by atoms with Crippen LogP contribution in [0.2, 0.25) is 0 Å². The molecule has 0 atom stereocenters. The summed E-state index contributed by atoms with van der Waals surface area (Å²) < 4.78 is 2.40. The van der Waals surface area contributed by atoms with Crippen molar-refractivity contribution in [2.24, 2.45) is 5.92 Å². The van der Waals surface area contributed by atoms with E-state index in [4.69, 9.17) is 0 Å². The molecule has 1 fully saturated rings. The highest BCUT2D eigenvalue weighted by molar-refractivity contribution is 6.01. The van der Waals surface area contributed by atoms with Crippen molar-refractivity contribution in [2.45, 2.75) is 45.8 Å². The quantitative estimate of drug-likeness (QED) is 0.520. The number of aromatic hydroxyl groups is 1. The van der Waals surface area contributed by atoms with Crippen molar-refractivity contribution in [3.63, 3.8) is 0 Å². The minimum atomic E-state index is -0.656. The van der Waals surface area contributed by atoms with Crippen molar-refractivity contribution < 1.29 is 14.7 Å². The molecule has 3 aromatic rings. The van der Waals surface area contributed by atoms with Gasteiger partial charge in [-0.3, -0.25) is 23.9 Å². The molecule has 1 aliphatic rings. The summed E-state index contributed by atoms with van der Waals surface area (Å²) in [7, 11) is 0. The van der Waals surface area contributed by atoms with Crippen LogP contribution >= 0.6 is 0 Å². The Morgan fingerprint density at radius 3 is 2.68 bits per heavy atom. The smallest absolute Gasteiger partial charge is 0.270 e. The number of fused-ring (bicyclic) bond motifs is 1. The number of aromatic nitrogens is 4. The number of nitrogens with zero attached hydrogens (tertiary/aromatic N) is 4. The van der Waals surface area contributed by atoms with E-state index < -0.39 is 23.3 Å². The molecule has 3 N–H and O–H groups in total. The molecule has 0 unspecified atom stereocenters. The maximum absolute atomic E-state index is 13.2. The van der Waals surface area contributed by atoms with E-state index in [-0.39, 0.29) is 41.8 Å². The lowest BCUT2D eigenvalue weighted by Gasteiger charge is -2.15. The summed E-state index contributed by atoms with van der Waals surface area (Å²) in [5, 5.41) is 20.3. The fraction of sp³-hybridized carbons (Fsp3) is 0.381. The van der Waals surface area contributed by atoms with Crippen molar-refractivity contribution in [3.05, 3.63) is 57.8 Å². The SMILES string of the molecule is CC(C)Cn1c(=O)c(C(=O)NC2CC2)c(O)n2ncc(C(=O)NCc3ccccn3)c12. The monoisotopic (exact) mass is 424 g/mol. The Morgan fingerprint density at radius 1 is 1.26 bits per heavy atom. The number of amides is 2. The summed E-state index contributed by atoms with van der Waals surface area (Å²) in [5.41, 5.74) is -0.0932. The summed E-state index contributed by atoms with van der Waals surface area (Å²) >= 11 is 0. The van der Waals surface area contributed by atoms with Gasteiger partial charge in [-0.2, -0.15) is 9.61 Å². The maximum atomic E-state index is 13.2. The third-order valence-corrected chi connectivity index (χ3v) is 4.97. The average Bonchev–Trinajstić information content (AvgIpc) is 3.43. The molecular weight excluding hydrogens is 400 g/mol. The topological polar surface area (TPSA) is 131 Å². The summed E-state index contributed by atoms with van der Waals surface area (Å²) in [6.07, 6.45) is 4.60. The number of hydrogen-bond acceptors (Lipinski definition) is 6. The molecule has 4 rings (SSSR count). The van der Waals surface area contributed by atoms with Crippen LogP contribution in [0.25, 0.3) is 5.65 Å². The molecule has 162 valence electrons. The molecule has 0 radical (unpaired) electrons. The molecular formula is C21H24N6O4. The molecule has 2 amide bonds. The van der Waals surface area contributed by atoms with Gasteiger partial charge in [-0.05, 0) is 30.9 Å². The minimum Gasteiger partial charge on any atom is -0.492 e. The molecule has 0 spiro atoms. The van der Waals surface area contributed by atoms with Crippen molar-refractivity contribution in [1.29, 1.82) is 0 Å². The van der Waals surface area contributed by atoms with Crippen molar-refractivity contribution in [1.82, 2.24) is 29.8 Å². The van der Waals surface area contributed by atoms with E-state index in [1.807, 2.05) is 19.9 Å². The minimum absolute atomic E-state index is 0.0195. The molecule has 3 aromatic heterocycles. The highest BCUT2D eigenvalue weighted by Crippen LogP contribution is 2.23. The highest BCUT2D eigenvalue weighted by Gasteiger charge is 2.30. The predicted molar refractivity (Wildman–Crippen MR) is 112 cm³/mol. The van der Waals surface area contributed by atoms with Gasteiger partial charge < -0.3 is 15.7 Å². The van der Waals surface area contributed by atoms with Gasteiger partial charge in [0.05, 0.1) is 18.4 Å². The normalized spacial score (nSPS) is 13.5. The van der Waals surface area contributed by atoms with Crippen LogP contribution in [0.3, 0.4) is 0 Å². The highest BCUT2D eigenvalue weighted by atomic mass is 16.3. The lowest BCUT2D eigenvalue weighted by atomic mass is 10.2. The van der Waals surface area contributed by atoms with Gasteiger partial charge in [0.2, 0.25) is 5.88 Å². The second kappa shape index (κ2) is 8.21. The van der Waals surface area contributed by atoms with Gasteiger partial charge in [0.15, 0.2) is 11.2 Å². The Balaban J connectivity index is 1.76. The van der Waals surface area contributed by atoms with Crippen LogP contribution in [0.5, 0.6) is 5.88 Å². The molecule has 3 heterocycles. The van der Waals surface area contributed by atoms with Crippen LogP contribution in [0.4, 0.5) is 0 Å². The average molecular weight is 424 g/mol. The molecule has 0 aliphatic heterocycles. The van der Waals surface area contributed by atoms with Gasteiger partial charge in [-0.1, -0.05) is 19.9 Å². The third kappa shape index (κ3) is 4.14. The van der Waals surface area contributed by atoms with Gasteiger partial charge in [-0.25, -0.2) is 0 Å². The van der Waals surface area contributed by atoms with Crippen LogP contribution < -0.4 is 16.2 Å². The zero-order valence-electron chi connectivity index (χ0n) is 17.3. The Kier molecular flexibility index (Phi) is 5.45. The predicted octanol–water partition coefficient (Wildman–Crippen LogP) is 1.07. The third-order valence-electron chi connectivity index (χ3n) is 4.97. The van der Waals surface area contributed by atoms with E-state index in [9.17, 15) is 19.5 Å². The van der Waals surface area contributed by atoms with E-state index in [2.05, 4.69) is 20.7 Å². The zero-order chi connectivity index (χ0) is 22.1. The molecule has 1 aliphatic carbocycles. The largest absolute Gasteiger partial charge is 0.492 e. The maximum Gasteiger partial charge on any atom is 0.270 e. The molecule has 0 bridgehead atoms. The first-order chi connectivity index (χ1) is 14.9. The molecule has 10 heteroatoms. The van der Waals surface area contributed by atoms with Gasteiger partial charge in [0, 0.05) is 18.8 Å². The molecule has 1 saturated carbocycles. The summed E-state index contributed by atoms with van der Waals surface area (Å²) in [5.74, 6) is -1.64. The van der Waals surface area contributed by atoms with E-state index in [0.29, 0.717) is 5.69 Å². The fourth-order valence-electron chi connectivity index (χ4n) is 3.34. The molecule has 0 saturated heterocycles. The van der Waals surface area contributed by atoms with Gasteiger partial charge in [-0.15, -0.1) is 0 Å². The summed E-state index contributed by atoms with van der Waals surface area (Å²) in [6.45, 7) is 4.27. The van der Waals surface area contributed by atoms with E-state index >= 15 is 0 Å². The number of nitrogens with one attached hydrogen (secondary N) is 2. The van der Waals surface area contributed by atoms with E-state index in [1.165, 1.54) is 10.8 Å². The first-order valence-corrected chi connectivity index (χ1v) is 10.2. The van der Waals surface area contributed by atoms with Crippen LogP contribution in [0.15, 0.2) is 35.4 Å². The van der Waals surface area contributed by atoms with Crippen LogP contribution in [-0.4, -0.2) is 42.1 Å². The number of carbonyl (C=O) groups is 2. The summed E-state index contributed by atoms with van der Waals surface area (Å²) in [6, 6.07) is 5.39. The fourth-order valence-corrected chi connectivity index (χ4v) is 3.34. The van der Waals surface area contributed by atoms with Crippen molar-refractivity contribution >= 4 is 17.5 Å². The standard InChI is InChI=1S/C21H24N6O4/c1-12(2)11-26-19-15(17(28)23-9-14-5-3-4-8-22-14)10-24-27(19)21(31)16(20(26)30)18(29)25-13-6-7-13/h3-5,8,10,12-13,31H,6-7,9,11H2,1-2H3,(H,23,28)(H,25,29). The van der Waals surface area contributed by atoms with Crippen LogP contribution in [-0.2, 0) is 13.1 Å². The lowest BCUT2D eigenvalue weighted by molar-refractivity contribution is 0.0940. The van der Waals surface area contributed by atoms with E-state index in [1.54, 1.807) is 18.3 Å².